The number of benzene rings is 3. The number of nitrogens with zero attached hydrogens (tertiary/aromatic N) is 4. The number of hydrogen-bond acceptors (Lipinski definition) is 4. The Balaban J connectivity index is 1.44. The highest BCUT2D eigenvalue weighted by Crippen LogP contribution is 2.19. The second-order valence-electron chi connectivity index (χ2n) is 5.97. The molecule has 0 fully saturated rings. The Hall–Kier alpha value is -3.80. The molecule has 0 aliphatic heterocycles. The minimum atomic E-state index is -0.169. The van der Waals surface area contributed by atoms with Crippen molar-refractivity contribution in [3.8, 4) is 16.8 Å². The Bertz CT molecular complexity index is 1030. The van der Waals surface area contributed by atoms with Crippen LogP contribution in [0, 0.1) is 0 Å². The van der Waals surface area contributed by atoms with Crippen molar-refractivity contribution in [3.05, 3.63) is 96.3 Å². The molecule has 6 nitrogen and oxygen atoms in total. The zero-order valence-electron chi connectivity index (χ0n) is 14.5. The molecule has 1 N–H and O–H groups in total. The zero-order valence-corrected chi connectivity index (χ0v) is 14.5. The molecule has 132 valence electrons. The van der Waals surface area contributed by atoms with E-state index in [2.05, 4.69) is 20.8 Å². The summed E-state index contributed by atoms with van der Waals surface area (Å²) < 4.78 is 1.61. The van der Waals surface area contributed by atoms with E-state index in [-0.39, 0.29) is 12.5 Å². The van der Waals surface area contributed by atoms with Gasteiger partial charge in [0.1, 0.15) is 0 Å². The van der Waals surface area contributed by atoms with Gasteiger partial charge in [0.2, 0.25) is 0 Å². The van der Waals surface area contributed by atoms with Crippen LogP contribution in [0.15, 0.2) is 84.9 Å². The van der Waals surface area contributed by atoms with Gasteiger partial charge in [-0.2, -0.15) is 4.68 Å². The third-order valence-electron chi connectivity index (χ3n) is 4.20. The molecule has 1 amide bonds. The molecule has 27 heavy (non-hydrogen) atoms. The van der Waals surface area contributed by atoms with Crippen LogP contribution in [0.25, 0.3) is 16.8 Å². The van der Waals surface area contributed by atoms with Crippen LogP contribution in [0.5, 0.6) is 0 Å². The normalized spacial score (nSPS) is 10.5. The van der Waals surface area contributed by atoms with Crippen LogP contribution in [0.1, 0.15) is 16.2 Å². The van der Waals surface area contributed by atoms with E-state index >= 15 is 0 Å². The zero-order chi connectivity index (χ0) is 18.5. The van der Waals surface area contributed by atoms with E-state index in [1.807, 2.05) is 84.9 Å². The molecule has 0 aliphatic rings. The largest absolute Gasteiger partial charge is 0.345 e. The SMILES string of the molecule is O=C(NCc1nnnn1-c1ccccc1)c1ccc(-c2ccccc2)cc1. The summed E-state index contributed by atoms with van der Waals surface area (Å²) in [6.45, 7) is 0.237. The van der Waals surface area contributed by atoms with Crippen LogP contribution in [0.3, 0.4) is 0 Å². The lowest BCUT2D eigenvalue weighted by Crippen LogP contribution is -2.24. The first-order chi connectivity index (χ1) is 13.3. The molecule has 0 aliphatic carbocycles. The molecule has 0 saturated carbocycles. The third-order valence-corrected chi connectivity index (χ3v) is 4.20. The van der Waals surface area contributed by atoms with Crippen LogP contribution < -0.4 is 5.32 Å². The van der Waals surface area contributed by atoms with E-state index in [1.54, 1.807) is 4.68 Å². The molecule has 0 saturated heterocycles. The number of amides is 1. The smallest absolute Gasteiger partial charge is 0.251 e. The molecule has 4 rings (SSSR count). The van der Waals surface area contributed by atoms with Crippen LogP contribution in [0.2, 0.25) is 0 Å². The van der Waals surface area contributed by atoms with Gasteiger partial charge in [-0.25, -0.2) is 0 Å². The Morgan fingerprint density at radius 1 is 0.815 bits per heavy atom. The summed E-state index contributed by atoms with van der Waals surface area (Å²) >= 11 is 0. The minimum absolute atomic E-state index is 0.169. The monoisotopic (exact) mass is 355 g/mol. The van der Waals surface area contributed by atoms with Crippen LogP contribution in [-0.2, 0) is 6.54 Å². The number of aromatic nitrogens is 4. The van der Waals surface area contributed by atoms with Crippen molar-refractivity contribution in [2.24, 2.45) is 0 Å². The topological polar surface area (TPSA) is 72.7 Å². The number of para-hydroxylation sites is 1. The first-order valence-electron chi connectivity index (χ1n) is 8.57. The molecule has 0 bridgehead atoms. The van der Waals surface area contributed by atoms with Crippen molar-refractivity contribution >= 4 is 5.91 Å². The number of rotatable bonds is 5. The van der Waals surface area contributed by atoms with Gasteiger partial charge in [0.15, 0.2) is 5.82 Å². The van der Waals surface area contributed by atoms with E-state index in [1.165, 1.54) is 0 Å². The van der Waals surface area contributed by atoms with Gasteiger partial charge in [-0.15, -0.1) is 5.10 Å². The van der Waals surface area contributed by atoms with Crippen molar-refractivity contribution in [3.63, 3.8) is 0 Å². The molecular weight excluding hydrogens is 338 g/mol. The number of hydrogen-bond donors (Lipinski definition) is 1. The van der Waals surface area contributed by atoms with E-state index in [4.69, 9.17) is 0 Å². The van der Waals surface area contributed by atoms with Crippen LogP contribution in [-0.4, -0.2) is 26.1 Å². The Labute approximate surface area is 156 Å². The summed E-state index contributed by atoms with van der Waals surface area (Å²) in [6.07, 6.45) is 0. The van der Waals surface area contributed by atoms with Crippen molar-refractivity contribution in [2.45, 2.75) is 6.54 Å². The quantitative estimate of drug-likeness (QED) is 0.596. The second kappa shape index (κ2) is 7.61. The molecule has 0 spiro atoms. The summed E-state index contributed by atoms with van der Waals surface area (Å²) in [5.41, 5.74) is 3.62. The number of carbonyl (C=O) groups excluding carboxylic acids is 1. The fourth-order valence-corrected chi connectivity index (χ4v) is 2.79. The van der Waals surface area contributed by atoms with Gasteiger partial charge >= 0.3 is 0 Å². The predicted molar refractivity (Wildman–Crippen MR) is 102 cm³/mol. The molecule has 6 heteroatoms. The highest BCUT2D eigenvalue weighted by Gasteiger charge is 2.11. The Kier molecular flexibility index (Phi) is 4.70. The molecule has 1 heterocycles. The second-order valence-corrected chi connectivity index (χ2v) is 5.97. The standard InChI is InChI=1S/C21H17N5O/c27-21(18-13-11-17(12-14-18)16-7-3-1-4-8-16)22-15-20-23-24-25-26(20)19-9-5-2-6-10-19/h1-14H,15H2,(H,22,27). The van der Waals surface area contributed by atoms with Gasteiger partial charge in [-0.05, 0) is 45.8 Å². The molecule has 4 aromatic rings. The molecule has 0 atom stereocenters. The van der Waals surface area contributed by atoms with Crippen LogP contribution >= 0.6 is 0 Å². The average Bonchev–Trinajstić information content (AvgIpc) is 3.22. The molecular formula is C21H17N5O. The van der Waals surface area contributed by atoms with Gasteiger partial charge < -0.3 is 5.32 Å². The summed E-state index contributed by atoms with van der Waals surface area (Å²) in [4.78, 5) is 12.4. The first-order valence-corrected chi connectivity index (χ1v) is 8.57. The van der Waals surface area contributed by atoms with Crippen molar-refractivity contribution in [1.82, 2.24) is 25.5 Å². The highest BCUT2D eigenvalue weighted by atomic mass is 16.1. The Morgan fingerprint density at radius 2 is 1.44 bits per heavy atom. The van der Waals surface area contributed by atoms with Crippen LogP contribution in [0.4, 0.5) is 0 Å². The lowest BCUT2D eigenvalue weighted by Gasteiger charge is -2.07. The lowest BCUT2D eigenvalue weighted by atomic mass is 10.0. The number of nitrogens with one attached hydrogen (secondary N) is 1. The maximum Gasteiger partial charge on any atom is 0.251 e. The Morgan fingerprint density at radius 3 is 2.15 bits per heavy atom. The highest BCUT2D eigenvalue weighted by molar-refractivity contribution is 5.94. The first kappa shape index (κ1) is 16.7. The molecule has 0 radical (unpaired) electrons. The van der Waals surface area contributed by atoms with Gasteiger partial charge in [-0.1, -0.05) is 60.7 Å². The van der Waals surface area contributed by atoms with E-state index in [0.717, 1.165) is 16.8 Å². The summed E-state index contributed by atoms with van der Waals surface area (Å²) in [5, 5.41) is 14.6. The fourth-order valence-electron chi connectivity index (χ4n) is 2.79. The van der Waals surface area contributed by atoms with Crippen molar-refractivity contribution in [2.75, 3.05) is 0 Å². The fraction of sp³-hybridized carbons (Fsp3) is 0.0476. The van der Waals surface area contributed by atoms with E-state index in [0.29, 0.717) is 11.4 Å². The predicted octanol–water partition coefficient (Wildman–Crippen LogP) is 3.26. The molecule has 3 aromatic carbocycles. The summed E-state index contributed by atoms with van der Waals surface area (Å²) in [7, 11) is 0. The maximum absolute atomic E-state index is 12.4. The van der Waals surface area contributed by atoms with Crippen molar-refractivity contribution < 1.29 is 4.79 Å². The average molecular weight is 355 g/mol. The minimum Gasteiger partial charge on any atom is -0.345 e. The van der Waals surface area contributed by atoms with Gasteiger partial charge in [0.05, 0.1) is 12.2 Å². The summed E-state index contributed by atoms with van der Waals surface area (Å²) in [5.74, 6) is 0.396. The van der Waals surface area contributed by atoms with Gasteiger partial charge in [-0.3, -0.25) is 4.79 Å². The number of tetrazole rings is 1. The third kappa shape index (κ3) is 3.74. The summed E-state index contributed by atoms with van der Waals surface area (Å²) in [6, 6.07) is 27.1. The van der Waals surface area contributed by atoms with E-state index < -0.39 is 0 Å². The van der Waals surface area contributed by atoms with E-state index in [9.17, 15) is 4.79 Å². The maximum atomic E-state index is 12.4. The lowest BCUT2D eigenvalue weighted by molar-refractivity contribution is 0.0949. The molecule has 0 unspecified atom stereocenters. The van der Waals surface area contributed by atoms with Gasteiger partial charge in [0, 0.05) is 5.56 Å². The number of carbonyl (C=O) groups is 1. The van der Waals surface area contributed by atoms with Crippen molar-refractivity contribution in [1.29, 1.82) is 0 Å². The molecule has 1 aromatic heterocycles. The van der Waals surface area contributed by atoms with Gasteiger partial charge in [0.25, 0.3) is 5.91 Å².